The summed E-state index contributed by atoms with van der Waals surface area (Å²) in [4.78, 5) is 26.7. The first kappa shape index (κ1) is 22.9. The molecule has 2 unspecified atom stereocenters. The number of hydrogen-bond acceptors (Lipinski definition) is 4. The molecule has 1 aromatic rings. The molecular formula is C20H30Cl2N4O2. The lowest BCUT2D eigenvalue weighted by atomic mass is 9.98. The molecule has 28 heavy (non-hydrogen) atoms. The second kappa shape index (κ2) is 11.0. The number of amides is 2. The molecule has 0 bridgehead atoms. The van der Waals surface area contributed by atoms with Crippen LogP contribution in [0, 0.1) is 12.8 Å². The lowest BCUT2D eigenvalue weighted by Gasteiger charge is -2.32. The largest absolute Gasteiger partial charge is 0.354 e. The highest BCUT2D eigenvalue weighted by molar-refractivity contribution is 6.31. The topological polar surface area (TPSA) is 73.5 Å². The summed E-state index contributed by atoms with van der Waals surface area (Å²) in [6.45, 7) is 5.62. The van der Waals surface area contributed by atoms with E-state index in [1.807, 2.05) is 25.1 Å². The zero-order chi connectivity index (χ0) is 19.2. The third-order valence-corrected chi connectivity index (χ3v) is 5.86. The molecule has 3 rings (SSSR count). The Hall–Kier alpha value is -1.34. The number of nitrogens with one attached hydrogen (secondary N) is 3. The van der Waals surface area contributed by atoms with Crippen LogP contribution in [0.5, 0.6) is 0 Å². The normalized spacial score (nSPS) is 22.4. The Kier molecular flexibility index (Phi) is 9.02. The van der Waals surface area contributed by atoms with Crippen LogP contribution >= 0.6 is 24.0 Å². The molecule has 0 radical (unpaired) electrons. The highest BCUT2D eigenvalue weighted by Crippen LogP contribution is 2.23. The third kappa shape index (κ3) is 6.34. The van der Waals surface area contributed by atoms with Gasteiger partial charge in [-0.2, -0.15) is 0 Å². The van der Waals surface area contributed by atoms with E-state index in [2.05, 4.69) is 20.9 Å². The van der Waals surface area contributed by atoms with Gasteiger partial charge in [0.1, 0.15) is 0 Å². The van der Waals surface area contributed by atoms with Crippen LogP contribution < -0.4 is 16.0 Å². The predicted molar refractivity (Wildman–Crippen MR) is 115 cm³/mol. The number of anilines is 1. The first-order valence-corrected chi connectivity index (χ1v) is 10.2. The Morgan fingerprint density at radius 2 is 2.11 bits per heavy atom. The second-order valence-corrected chi connectivity index (χ2v) is 8.01. The highest BCUT2D eigenvalue weighted by Gasteiger charge is 2.25. The van der Waals surface area contributed by atoms with Crippen molar-refractivity contribution in [3.05, 3.63) is 28.8 Å². The molecule has 2 amide bonds. The molecule has 2 atom stereocenters. The summed E-state index contributed by atoms with van der Waals surface area (Å²) in [7, 11) is 0. The predicted octanol–water partition coefficient (Wildman–Crippen LogP) is 2.59. The van der Waals surface area contributed by atoms with Crippen LogP contribution in [0.3, 0.4) is 0 Å². The average Bonchev–Trinajstić information content (AvgIpc) is 3.19. The molecule has 0 aliphatic carbocycles. The number of carbonyl (C=O) groups excluding carboxylic acids is 2. The standard InChI is InChI=1S/C20H29ClN4O2.ClH/c1-14-16(21)6-2-7-17(14)24-19(26)13-25-10-4-5-15(12-25)11-23-20(27)18-8-3-9-22-18;/h2,6-7,15,18,22H,3-5,8-13H2,1H3,(H,23,27)(H,24,26);1H. The van der Waals surface area contributed by atoms with Crippen LogP contribution in [-0.4, -0.2) is 55.5 Å². The van der Waals surface area contributed by atoms with Gasteiger partial charge in [-0.25, -0.2) is 0 Å². The molecule has 156 valence electrons. The fourth-order valence-corrected chi connectivity index (χ4v) is 4.05. The highest BCUT2D eigenvalue weighted by atomic mass is 35.5. The summed E-state index contributed by atoms with van der Waals surface area (Å²) in [5.41, 5.74) is 1.64. The van der Waals surface area contributed by atoms with E-state index in [4.69, 9.17) is 11.6 Å². The van der Waals surface area contributed by atoms with Crippen LogP contribution in [0.15, 0.2) is 18.2 Å². The van der Waals surface area contributed by atoms with Crippen molar-refractivity contribution in [2.24, 2.45) is 5.92 Å². The van der Waals surface area contributed by atoms with Crippen molar-refractivity contribution in [3.8, 4) is 0 Å². The van der Waals surface area contributed by atoms with Gasteiger partial charge in [-0.05, 0) is 69.3 Å². The third-order valence-electron chi connectivity index (χ3n) is 5.45. The van der Waals surface area contributed by atoms with Gasteiger partial charge in [0.05, 0.1) is 12.6 Å². The summed E-state index contributed by atoms with van der Waals surface area (Å²) in [5.74, 6) is 0.476. The van der Waals surface area contributed by atoms with Gasteiger partial charge >= 0.3 is 0 Å². The van der Waals surface area contributed by atoms with Crippen molar-refractivity contribution in [3.63, 3.8) is 0 Å². The van der Waals surface area contributed by atoms with Gasteiger partial charge in [-0.3, -0.25) is 14.5 Å². The van der Waals surface area contributed by atoms with Crippen LogP contribution in [0.2, 0.25) is 5.02 Å². The van der Waals surface area contributed by atoms with Crippen molar-refractivity contribution < 1.29 is 9.59 Å². The van der Waals surface area contributed by atoms with Crippen LogP contribution in [0.1, 0.15) is 31.2 Å². The molecule has 2 aliphatic rings. The van der Waals surface area contributed by atoms with Crippen LogP contribution in [-0.2, 0) is 9.59 Å². The second-order valence-electron chi connectivity index (χ2n) is 7.60. The fourth-order valence-electron chi connectivity index (χ4n) is 3.87. The lowest BCUT2D eigenvalue weighted by molar-refractivity contribution is -0.123. The molecule has 2 fully saturated rings. The maximum atomic E-state index is 12.4. The summed E-state index contributed by atoms with van der Waals surface area (Å²) in [5, 5.41) is 9.91. The van der Waals surface area contributed by atoms with E-state index in [1.54, 1.807) is 0 Å². The number of piperidine rings is 1. The number of rotatable bonds is 6. The Labute approximate surface area is 178 Å². The van der Waals surface area contributed by atoms with E-state index in [1.165, 1.54) is 0 Å². The lowest BCUT2D eigenvalue weighted by Crippen LogP contribution is -2.46. The van der Waals surface area contributed by atoms with Gasteiger partial charge in [-0.15, -0.1) is 12.4 Å². The van der Waals surface area contributed by atoms with Gasteiger partial charge in [0.15, 0.2) is 0 Å². The number of likely N-dealkylation sites (tertiary alicyclic amines) is 1. The number of halogens is 2. The molecule has 2 aliphatic heterocycles. The maximum absolute atomic E-state index is 12.4. The van der Waals surface area contributed by atoms with E-state index in [0.29, 0.717) is 24.0 Å². The number of hydrogen-bond donors (Lipinski definition) is 3. The van der Waals surface area contributed by atoms with Crippen molar-refractivity contribution in [1.82, 2.24) is 15.5 Å². The van der Waals surface area contributed by atoms with Gasteiger partial charge in [0, 0.05) is 23.8 Å². The zero-order valence-electron chi connectivity index (χ0n) is 16.3. The quantitative estimate of drug-likeness (QED) is 0.650. The van der Waals surface area contributed by atoms with Crippen molar-refractivity contribution in [1.29, 1.82) is 0 Å². The zero-order valence-corrected chi connectivity index (χ0v) is 17.9. The van der Waals surface area contributed by atoms with Crippen molar-refractivity contribution >= 4 is 41.5 Å². The van der Waals surface area contributed by atoms with Gasteiger partial charge in [-0.1, -0.05) is 17.7 Å². The number of nitrogens with zero attached hydrogens (tertiary/aromatic N) is 1. The maximum Gasteiger partial charge on any atom is 0.238 e. The summed E-state index contributed by atoms with van der Waals surface area (Å²) < 4.78 is 0. The molecule has 2 saturated heterocycles. The molecule has 3 N–H and O–H groups in total. The Morgan fingerprint density at radius 1 is 1.29 bits per heavy atom. The first-order chi connectivity index (χ1) is 13.0. The fraction of sp³-hybridized carbons (Fsp3) is 0.600. The molecule has 6 nitrogen and oxygen atoms in total. The summed E-state index contributed by atoms with van der Waals surface area (Å²) in [6, 6.07) is 5.49. The monoisotopic (exact) mass is 428 g/mol. The molecule has 2 heterocycles. The van der Waals surface area contributed by atoms with E-state index < -0.39 is 0 Å². The van der Waals surface area contributed by atoms with E-state index in [9.17, 15) is 9.59 Å². The van der Waals surface area contributed by atoms with Gasteiger partial charge < -0.3 is 16.0 Å². The molecule has 1 aromatic carbocycles. The molecule has 0 spiro atoms. The Bertz CT molecular complexity index is 680. The minimum Gasteiger partial charge on any atom is -0.354 e. The minimum atomic E-state index is -0.0311. The average molecular weight is 429 g/mol. The van der Waals surface area contributed by atoms with E-state index in [-0.39, 0.29) is 30.3 Å². The SMILES string of the molecule is Cc1c(Cl)cccc1NC(=O)CN1CCCC(CNC(=O)C2CCCN2)C1.Cl. The molecular weight excluding hydrogens is 399 g/mol. The Balaban J connectivity index is 0.00000280. The summed E-state index contributed by atoms with van der Waals surface area (Å²) in [6.07, 6.45) is 4.12. The molecule has 0 saturated carbocycles. The van der Waals surface area contributed by atoms with Crippen LogP contribution in [0.4, 0.5) is 5.69 Å². The number of carbonyl (C=O) groups is 2. The van der Waals surface area contributed by atoms with E-state index in [0.717, 1.165) is 56.6 Å². The van der Waals surface area contributed by atoms with Crippen LogP contribution in [0.25, 0.3) is 0 Å². The van der Waals surface area contributed by atoms with Crippen molar-refractivity contribution in [2.75, 3.05) is 38.0 Å². The molecule has 0 aromatic heterocycles. The van der Waals surface area contributed by atoms with E-state index >= 15 is 0 Å². The number of benzene rings is 1. The summed E-state index contributed by atoms with van der Waals surface area (Å²) >= 11 is 6.11. The first-order valence-electron chi connectivity index (χ1n) is 9.81. The van der Waals surface area contributed by atoms with Gasteiger partial charge in [0.25, 0.3) is 0 Å². The smallest absolute Gasteiger partial charge is 0.238 e. The Morgan fingerprint density at radius 3 is 2.86 bits per heavy atom. The molecule has 8 heteroatoms. The van der Waals surface area contributed by atoms with Gasteiger partial charge in [0.2, 0.25) is 11.8 Å². The van der Waals surface area contributed by atoms with Crippen molar-refractivity contribution in [2.45, 2.75) is 38.6 Å². The minimum absolute atomic E-state index is 0.